The van der Waals surface area contributed by atoms with E-state index in [0.717, 1.165) is 25.6 Å². The van der Waals surface area contributed by atoms with Crippen molar-refractivity contribution in [3.05, 3.63) is 0 Å². The second kappa shape index (κ2) is 8.41. The molecule has 0 atom stereocenters. The van der Waals surface area contributed by atoms with Crippen molar-refractivity contribution in [2.24, 2.45) is 4.99 Å². The molecule has 0 aromatic carbocycles. The molecule has 2 heterocycles. The maximum atomic E-state index is 4.81. The Morgan fingerprint density at radius 2 is 1.58 bits per heavy atom. The van der Waals surface area contributed by atoms with Gasteiger partial charge in [-0.15, -0.1) is 0 Å². The summed E-state index contributed by atoms with van der Waals surface area (Å²) in [5.74, 6) is 1.13. The molecule has 0 unspecified atom stereocenters. The van der Waals surface area contributed by atoms with Crippen LogP contribution in [0.5, 0.6) is 0 Å². The van der Waals surface area contributed by atoms with Crippen molar-refractivity contribution in [3.63, 3.8) is 0 Å². The van der Waals surface area contributed by atoms with Gasteiger partial charge in [-0.25, -0.2) is 0 Å². The predicted octanol–water partition coefficient (Wildman–Crippen LogP) is 1.92. The highest BCUT2D eigenvalue weighted by atomic mass is 15.3. The lowest BCUT2D eigenvalue weighted by atomic mass is 10.2. The van der Waals surface area contributed by atoms with Gasteiger partial charge in [0.1, 0.15) is 0 Å². The normalized spacial score (nSPS) is 22.6. The van der Waals surface area contributed by atoms with Crippen molar-refractivity contribution in [1.82, 2.24) is 15.1 Å². The first-order chi connectivity index (χ1) is 9.40. The first-order valence-electron chi connectivity index (χ1n) is 8.16. The molecule has 1 N–H and O–H groups in total. The van der Waals surface area contributed by atoms with Gasteiger partial charge in [0.15, 0.2) is 5.96 Å². The van der Waals surface area contributed by atoms with Crippen LogP contribution in [-0.2, 0) is 0 Å². The van der Waals surface area contributed by atoms with Crippen LogP contribution in [-0.4, -0.2) is 61.6 Å². The topological polar surface area (TPSA) is 30.9 Å². The summed E-state index contributed by atoms with van der Waals surface area (Å²) in [6.07, 6.45) is 8.20. The molecule has 0 radical (unpaired) electrons. The van der Waals surface area contributed by atoms with Gasteiger partial charge < -0.3 is 15.1 Å². The molecule has 0 spiro atoms. The van der Waals surface area contributed by atoms with Crippen LogP contribution in [0.1, 0.15) is 45.4 Å². The van der Waals surface area contributed by atoms with Crippen LogP contribution < -0.4 is 5.32 Å². The zero-order valence-corrected chi connectivity index (χ0v) is 12.5. The van der Waals surface area contributed by atoms with Crippen LogP contribution >= 0.6 is 0 Å². The van der Waals surface area contributed by atoms with E-state index in [1.54, 1.807) is 0 Å². The third kappa shape index (κ3) is 5.01. The summed E-state index contributed by atoms with van der Waals surface area (Å²) in [6.45, 7) is 10.1. The zero-order valence-electron chi connectivity index (χ0n) is 12.5. The number of hydrogen-bond donors (Lipinski definition) is 1. The molecule has 2 rings (SSSR count). The van der Waals surface area contributed by atoms with E-state index < -0.39 is 0 Å². The first kappa shape index (κ1) is 14.6. The largest absolute Gasteiger partial charge is 0.357 e. The van der Waals surface area contributed by atoms with Crippen molar-refractivity contribution < 1.29 is 0 Å². The van der Waals surface area contributed by atoms with Gasteiger partial charge in [0.05, 0.1) is 6.54 Å². The lowest BCUT2D eigenvalue weighted by Crippen LogP contribution is -2.40. The molecule has 4 heteroatoms. The molecule has 4 nitrogen and oxygen atoms in total. The monoisotopic (exact) mass is 266 g/mol. The van der Waals surface area contributed by atoms with E-state index in [1.807, 2.05) is 0 Å². The van der Waals surface area contributed by atoms with Crippen molar-refractivity contribution >= 4 is 5.96 Å². The van der Waals surface area contributed by atoms with Crippen molar-refractivity contribution in [2.75, 3.05) is 45.8 Å². The highest BCUT2D eigenvalue weighted by Gasteiger charge is 2.15. The number of nitrogens with one attached hydrogen (secondary N) is 1. The summed E-state index contributed by atoms with van der Waals surface area (Å²) in [7, 11) is 0. The molecule has 0 aliphatic carbocycles. The molecule has 0 aromatic rings. The molecule has 2 saturated heterocycles. The van der Waals surface area contributed by atoms with Gasteiger partial charge in [0.2, 0.25) is 0 Å². The van der Waals surface area contributed by atoms with Crippen LogP contribution in [0.25, 0.3) is 0 Å². The van der Waals surface area contributed by atoms with E-state index in [9.17, 15) is 0 Å². The predicted molar refractivity (Wildman–Crippen MR) is 81.7 cm³/mol. The minimum atomic E-state index is 0.943. The molecule has 0 aromatic heterocycles. The van der Waals surface area contributed by atoms with Gasteiger partial charge in [-0.1, -0.05) is 12.8 Å². The van der Waals surface area contributed by atoms with Crippen LogP contribution in [0.15, 0.2) is 4.99 Å². The fraction of sp³-hybridized carbons (Fsp3) is 0.933. The van der Waals surface area contributed by atoms with Crippen LogP contribution in [0.4, 0.5) is 0 Å². The summed E-state index contributed by atoms with van der Waals surface area (Å²) < 4.78 is 0. The average molecular weight is 266 g/mol. The van der Waals surface area contributed by atoms with E-state index in [2.05, 4.69) is 22.0 Å². The van der Waals surface area contributed by atoms with Gasteiger partial charge in [0.25, 0.3) is 0 Å². The number of likely N-dealkylation sites (tertiary alicyclic amines) is 2. The lowest BCUT2D eigenvalue weighted by molar-refractivity contribution is 0.293. The number of hydrogen-bond acceptors (Lipinski definition) is 2. The highest BCUT2D eigenvalue weighted by molar-refractivity contribution is 5.80. The zero-order chi connectivity index (χ0) is 13.3. The molecule has 2 aliphatic rings. The molecule has 2 aliphatic heterocycles. The Balaban J connectivity index is 1.76. The van der Waals surface area contributed by atoms with E-state index in [1.165, 1.54) is 64.7 Å². The minimum Gasteiger partial charge on any atom is -0.357 e. The third-order valence-corrected chi connectivity index (χ3v) is 4.12. The molecule has 19 heavy (non-hydrogen) atoms. The molecule has 2 fully saturated rings. The van der Waals surface area contributed by atoms with E-state index >= 15 is 0 Å². The Morgan fingerprint density at radius 1 is 0.947 bits per heavy atom. The van der Waals surface area contributed by atoms with Crippen LogP contribution in [0.2, 0.25) is 0 Å². The second-order valence-corrected chi connectivity index (χ2v) is 5.69. The maximum absolute atomic E-state index is 4.81. The molecule has 0 saturated carbocycles. The number of rotatable bonds is 4. The molecule has 0 amide bonds. The molecule has 110 valence electrons. The Labute approximate surface area is 118 Å². The second-order valence-electron chi connectivity index (χ2n) is 5.69. The first-order valence-corrected chi connectivity index (χ1v) is 8.16. The third-order valence-electron chi connectivity index (χ3n) is 4.12. The van der Waals surface area contributed by atoms with Crippen LogP contribution in [0.3, 0.4) is 0 Å². The lowest BCUT2D eigenvalue weighted by Gasteiger charge is -2.22. The molecular formula is C15H30N4. The highest BCUT2D eigenvalue weighted by Crippen LogP contribution is 2.10. The number of nitrogens with zero attached hydrogens (tertiary/aromatic N) is 3. The number of aliphatic imine (C=N–C) groups is 1. The van der Waals surface area contributed by atoms with E-state index in [4.69, 9.17) is 4.99 Å². The van der Waals surface area contributed by atoms with Gasteiger partial charge in [0, 0.05) is 26.2 Å². The molecule has 0 bridgehead atoms. The number of guanidine groups is 1. The van der Waals surface area contributed by atoms with E-state index in [0.29, 0.717) is 0 Å². The average Bonchev–Trinajstić information content (AvgIpc) is 2.83. The summed E-state index contributed by atoms with van der Waals surface area (Å²) in [5, 5.41) is 3.43. The molecular weight excluding hydrogens is 236 g/mol. The SMILES string of the molecule is CCNC(=NCCN1CCCCCC1)N1CCCC1. The Kier molecular flexibility index (Phi) is 6.48. The Bertz CT molecular complexity index is 263. The van der Waals surface area contributed by atoms with Crippen molar-refractivity contribution in [3.8, 4) is 0 Å². The Hall–Kier alpha value is -0.770. The van der Waals surface area contributed by atoms with Crippen molar-refractivity contribution in [2.45, 2.75) is 45.4 Å². The van der Waals surface area contributed by atoms with Crippen LogP contribution in [0, 0.1) is 0 Å². The smallest absolute Gasteiger partial charge is 0.193 e. The summed E-state index contributed by atoms with van der Waals surface area (Å²) >= 11 is 0. The summed E-state index contributed by atoms with van der Waals surface area (Å²) in [5.41, 5.74) is 0. The minimum absolute atomic E-state index is 0.943. The fourth-order valence-electron chi connectivity index (χ4n) is 3.01. The van der Waals surface area contributed by atoms with Crippen molar-refractivity contribution in [1.29, 1.82) is 0 Å². The summed E-state index contributed by atoms with van der Waals surface area (Å²) in [4.78, 5) is 9.81. The quantitative estimate of drug-likeness (QED) is 0.623. The van der Waals surface area contributed by atoms with Gasteiger partial charge in [-0.2, -0.15) is 0 Å². The Morgan fingerprint density at radius 3 is 2.21 bits per heavy atom. The summed E-state index contributed by atoms with van der Waals surface area (Å²) in [6, 6.07) is 0. The van der Waals surface area contributed by atoms with Gasteiger partial charge in [-0.05, 0) is 45.7 Å². The fourth-order valence-corrected chi connectivity index (χ4v) is 3.01. The standard InChI is InChI=1S/C15H30N4/c1-2-16-15(19-12-7-8-13-19)17-9-14-18-10-5-3-4-6-11-18/h2-14H2,1H3,(H,16,17). The van der Waals surface area contributed by atoms with Gasteiger partial charge >= 0.3 is 0 Å². The van der Waals surface area contributed by atoms with E-state index in [-0.39, 0.29) is 0 Å². The van der Waals surface area contributed by atoms with Gasteiger partial charge in [-0.3, -0.25) is 4.99 Å². The maximum Gasteiger partial charge on any atom is 0.193 e.